The van der Waals surface area contributed by atoms with Gasteiger partial charge < -0.3 is 20.6 Å². The number of nitrogen functional groups attached to an aromatic ring is 1. The highest BCUT2D eigenvalue weighted by molar-refractivity contribution is 5.84. The molecule has 0 atom stereocenters. The third-order valence-corrected chi connectivity index (χ3v) is 5.43. The van der Waals surface area contributed by atoms with Gasteiger partial charge in [-0.25, -0.2) is 4.98 Å². The summed E-state index contributed by atoms with van der Waals surface area (Å²) in [5.74, 6) is 1.25. The smallest absolute Gasteiger partial charge is 0.229 e. The van der Waals surface area contributed by atoms with E-state index in [0.717, 1.165) is 43.2 Å². The summed E-state index contributed by atoms with van der Waals surface area (Å²) in [7, 11) is 0. The predicted octanol–water partition coefficient (Wildman–Crippen LogP) is 2.13. The van der Waals surface area contributed by atoms with Gasteiger partial charge in [0.15, 0.2) is 17.0 Å². The molecule has 9 heteroatoms. The van der Waals surface area contributed by atoms with Crippen LogP contribution in [-0.4, -0.2) is 55.8 Å². The van der Waals surface area contributed by atoms with Crippen LogP contribution in [0.1, 0.15) is 5.69 Å². The van der Waals surface area contributed by atoms with Crippen molar-refractivity contribution in [2.45, 2.75) is 6.92 Å². The number of pyridine rings is 1. The number of rotatable bonds is 3. The summed E-state index contributed by atoms with van der Waals surface area (Å²) in [6.45, 7) is 5.15. The first-order valence-electron chi connectivity index (χ1n) is 9.81. The Morgan fingerprint density at radius 3 is 2.40 bits per heavy atom. The van der Waals surface area contributed by atoms with Gasteiger partial charge in [0.05, 0.1) is 11.4 Å². The fourth-order valence-electron chi connectivity index (χ4n) is 3.79. The van der Waals surface area contributed by atoms with Gasteiger partial charge in [0, 0.05) is 38.1 Å². The van der Waals surface area contributed by atoms with Crippen molar-refractivity contribution in [3.8, 4) is 11.4 Å². The minimum Gasteiger partial charge on any atom is -0.508 e. The van der Waals surface area contributed by atoms with E-state index >= 15 is 0 Å². The number of fused-ring (bicyclic) bond motifs is 1. The fourth-order valence-corrected chi connectivity index (χ4v) is 3.79. The van der Waals surface area contributed by atoms with E-state index in [2.05, 4.69) is 24.8 Å². The van der Waals surface area contributed by atoms with E-state index in [-0.39, 0.29) is 5.75 Å². The number of benzene rings is 1. The molecule has 30 heavy (non-hydrogen) atoms. The first kappa shape index (κ1) is 18.2. The number of aryl methyl sites for hydroxylation is 1. The summed E-state index contributed by atoms with van der Waals surface area (Å²) in [5, 5.41) is 9.50. The Bertz CT molecular complexity index is 1200. The Kier molecular flexibility index (Phi) is 4.35. The number of aromatic hydroxyl groups is 1. The van der Waals surface area contributed by atoms with Crippen molar-refractivity contribution in [2.24, 2.45) is 0 Å². The molecule has 9 nitrogen and oxygen atoms in total. The molecule has 0 aliphatic carbocycles. The summed E-state index contributed by atoms with van der Waals surface area (Å²) >= 11 is 0. The lowest BCUT2D eigenvalue weighted by Gasteiger charge is -2.36. The second kappa shape index (κ2) is 7.18. The van der Waals surface area contributed by atoms with E-state index in [1.54, 1.807) is 24.7 Å². The van der Waals surface area contributed by atoms with Crippen LogP contribution in [0.5, 0.6) is 5.75 Å². The molecule has 0 unspecified atom stereocenters. The predicted molar refractivity (Wildman–Crippen MR) is 116 cm³/mol. The second-order valence-corrected chi connectivity index (χ2v) is 7.29. The second-order valence-electron chi connectivity index (χ2n) is 7.29. The Balaban J connectivity index is 1.43. The molecular weight excluding hydrogens is 380 g/mol. The van der Waals surface area contributed by atoms with E-state index in [9.17, 15) is 5.11 Å². The molecule has 5 rings (SSSR count). The molecule has 1 aliphatic rings. The molecule has 1 aliphatic heterocycles. The van der Waals surface area contributed by atoms with E-state index in [0.29, 0.717) is 22.9 Å². The normalized spacial score (nSPS) is 14.4. The van der Waals surface area contributed by atoms with Crippen LogP contribution in [0.3, 0.4) is 0 Å². The maximum Gasteiger partial charge on any atom is 0.229 e. The summed E-state index contributed by atoms with van der Waals surface area (Å²) in [6.07, 6.45) is 3.48. The number of phenolic OH excluding ortho intramolecular Hbond substituents is 1. The van der Waals surface area contributed by atoms with Crippen LogP contribution >= 0.6 is 0 Å². The molecule has 0 amide bonds. The monoisotopic (exact) mass is 402 g/mol. The average molecular weight is 402 g/mol. The SMILES string of the molecule is Cc1ncccc1-n1cnc2c(N)nc(N3CCN(c4ccc(O)cc4)CC3)nc21. The lowest BCUT2D eigenvalue weighted by atomic mass is 10.2. The Morgan fingerprint density at radius 2 is 1.67 bits per heavy atom. The molecule has 1 saturated heterocycles. The Labute approximate surface area is 173 Å². The molecule has 0 spiro atoms. The molecule has 3 aromatic heterocycles. The van der Waals surface area contributed by atoms with Crippen molar-refractivity contribution in [3.63, 3.8) is 0 Å². The van der Waals surface area contributed by atoms with Gasteiger partial charge in [0.2, 0.25) is 5.95 Å². The van der Waals surface area contributed by atoms with E-state index in [1.165, 1.54) is 0 Å². The van der Waals surface area contributed by atoms with Crippen LogP contribution in [0, 0.1) is 6.92 Å². The summed E-state index contributed by atoms with van der Waals surface area (Å²) in [4.78, 5) is 22.5. The number of nitrogens with zero attached hydrogens (tertiary/aromatic N) is 7. The molecule has 1 aromatic carbocycles. The minimum absolute atomic E-state index is 0.273. The van der Waals surface area contributed by atoms with Crippen LogP contribution in [0.25, 0.3) is 16.9 Å². The molecule has 152 valence electrons. The van der Waals surface area contributed by atoms with Gasteiger partial charge >= 0.3 is 0 Å². The number of hydrogen-bond donors (Lipinski definition) is 2. The number of hydrogen-bond acceptors (Lipinski definition) is 8. The van der Waals surface area contributed by atoms with Gasteiger partial charge in [-0.1, -0.05) is 0 Å². The lowest BCUT2D eigenvalue weighted by molar-refractivity contribution is 0.475. The summed E-state index contributed by atoms with van der Waals surface area (Å²) in [5.41, 5.74) is 10.4. The molecule has 0 bridgehead atoms. The largest absolute Gasteiger partial charge is 0.508 e. The van der Waals surface area contributed by atoms with Crippen molar-refractivity contribution < 1.29 is 5.11 Å². The molecule has 0 radical (unpaired) electrons. The van der Waals surface area contributed by atoms with Crippen molar-refractivity contribution in [3.05, 3.63) is 54.6 Å². The number of phenols is 1. The van der Waals surface area contributed by atoms with Crippen molar-refractivity contribution >= 4 is 28.6 Å². The summed E-state index contributed by atoms with van der Waals surface area (Å²) < 4.78 is 1.91. The van der Waals surface area contributed by atoms with Crippen molar-refractivity contribution in [1.82, 2.24) is 24.5 Å². The lowest BCUT2D eigenvalue weighted by Crippen LogP contribution is -2.47. The highest BCUT2D eigenvalue weighted by atomic mass is 16.3. The number of piperazine rings is 1. The quantitative estimate of drug-likeness (QED) is 0.536. The van der Waals surface area contributed by atoms with Gasteiger partial charge in [-0.2, -0.15) is 9.97 Å². The standard InChI is InChI=1S/C21H22N8O/c1-14-17(3-2-8-23-14)29-13-24-18-19(22)25-21(26-20(18)29)28-11-9-27(10-12-28)15-4-6-16(30)7-5-15/h2-8,13,30H,9-12H2,1H3,(H2,22,25,26). The van der Waals surface area contributed by atoms with Gasteiger partial charge in [-0.05, 0) is 43.3 Å². The summed E-state index contributed by atoms with van der Waals surface area (Å²) in [6, 6.07) is 11.2. The van der Waals surface area contributed by atoms with Crippen LogP contribution in [0.4, 0.5) is 17.5 Å². The molecule has 4 aromatic rings. The Hall–Kier alpha value is -3.88. The van der Waals surface area contributed by atoms with Crippen LogP contribution in [0.2, 0.25) is 0 Å². The Morgan fingerprint density at radius 1 is 0.933 bits per heavy atom. The maximum atomic E-state index is 9.50. The van der Waals surface area contributed by atoms with Gasteiger partial charge in [0.25, 0.3) is 0 Å². The molecule has 1 fully saturated rings. The number of anilines is 3. The van der Waals surface area contributed by atoms with Gasteiger partial charge in [-0.3, -0.25) is 9.55 Å². The number of nitrogens with two attached hydrogens (primary N) is 1. The average Bonchev–Trinajstić information content (AvgIpc) is 3.19. The first-order valence-corrected chi connectivity index (χ1v) is 9.81. The molecule has 4 heterocycles. The maximum absolute atomic E-state index is 9.50. The molecule has 0 saturated carbocycles. The zero-order chi connectivity index (χ0) is 20.7. The van der Waals surface area contributed by atoms with Gasteiger partial charge in [0.1, 0.15) is 12.1 Å². The van der Waals surface area contributed by atoms with E-state index < -0.39 is 0 Å². The first-order chi connectivity index (χ1) is 14.6. The van der Waals surface area contributed by atoms with Crippen LogP contribution < -0.4 is 15.5 Å². The highest BCUT2D eigenvalue weighted by Crippen LogP contribution is 2.25. The fraction of sp³-hybridized carbons (Fsp3) is 0.238. The minimum atomic E-state index is 0.273. The van der Waals surface area contributed by atoms with E-state index in [4.69, 9.17) is 10.7 Å². The van der Waals surface area contributed by atoms with E-state index in [1.807, 2.05) is 35.8 Å². The third kappa shape index (κ3) is 3.14. The number of aromatic nitrogens is 5. The van der Waals surface area contributed by atoms with Crippen LogP contribution in [0.15, 0.2) is 48.9 Å². The zero-order valence-electron chi connectivity index (χ0n) is 16.6. The zero-order valence-corrected chi connectivity index (χ0v) is 16.6. The van der Waals surface area contributed by atoms with Crippen molar-refractivity contribution in [2.75, 3.05) is 41.7 Å². The highest BCUT2D eigenvalue weighted by Gasteiger charge is 2.22. The number of imidazole rings is 1. The topological polar surface area (TPSA) is 109 Å². The van der Waals surface area contributed by atoms with Crippen molar-refractivity contribution in [1.29, 1.82) is 0 Å². The van der Waals surface area contributed by atoms with Crippen LogP contribution in [-0.2, 0) is 0 Å². The third-order valence-electron chi connectivity index (χ3n) is 5.43. The van der Waals surface area contributed by atoms with Gasteiger partial charge in [-0.15, -0.1) is 0 Å². The molecule has 3 N–H and O–H groups in total. The molecular formula is C21H22N8O.